The molecule has 90 valence electrons. The Morgan fingerprint density at radius 1 is 1.53 bits per heavy atom. The third-order valence-corrected chi connectivity index (χ3v) is 3.52. The number of Topliss-reactive ketones (excluding diaryl/α,β-unsaturated/α-hetero) is 1. The molecule has 0 fully saturated rings. The smallest absolute Gasteiger partial charge is 0.161 e. The summed E-state index contributed by atoms with van der Waals surface area (Å²) in [7, 11) is 0. The van der Waals surface area contributed by atoms with E-state index in [0.717, 1.165) is 30.6 Å². The van der Waals surface area contributed by atoms with E-state index >= 15 is 0 Å². The summed E-state index contributed by atoms with van der Waals surface area (Å²) in [6.07, 6.45) is 5.98. The lowest BCUT2D eigenvalue weighted by atomic mass is 10.2. The predicted molar refractivity (Wildman–Crippen MR) is 69.6 cm³/mol. The zero-order valence-corrected chi connectivity index (χ0v) is 11.0. The molecule has 3 nitrogen and oxygen atoms in total. The topological polar surface area (TPSA) is 34.9 Å². The van der Waals surface area contributed by atoms with E-state index in [0.29, 0.717) is 0 Å². The normalized spacial score (nSPS) is 10.7. The molecule has 0 aliphatic carbocycles. The van der Waals surface area contributed by atoms with Gasteiger partial charge in [-0.15, -0.1) is 11.3 Å². The molecule has 2 rings (SSSR count). The van der Waals surface area contributed by atoms with Crippen LogP contribution in [0.15, 0.2) is 23.8 Å². The second-order valence-corrected chi connectivity index (χ2v) is 5.05. The summed E-state index contributed by atoms with van der Waals surface area (Å²) >= 11 is 1.72. The standard InChI is InChI=1S/C13H16N2OS/c1-3-4-13-14-12(9-17-13)8-15-6-5-11(7-15)10(2)16/h5-7,9H,3-4,8H2,1-2H3. The highest BCUT2D eigenvalue weighted by molar-refractivity contribution is 7.09. The third kappa shape index (κ3) is 3.03. The summed E-state index contributed by atoms with van der Waals surface area (Å²) in [5.41, 5.74) is 1.83. The van der Waals surface area contributed by atoms with Gasteiger partial charge in [-0.25, -0.2) is 4.98 Å². The van der Waals surface area contributed by atoms with E-state index in [1.165, 1.54) is 5.01 Å². The molecule has 0 radical (unpaired) electrons. The molecule has 0 spiro atoms. The molecular weight excluding hydrogens is 232 g/mol. The van der Waals surface area contributed by atoms with Crippen molar-refractivity contribution in [3.8, 4) is 0 Å². The number of hydrogen-bond donors (Lipinski definition) is 0. The van der Waals surface area contributed by atoms with Crippen molar-refractivity contribution in [3.63, 3.8) is 0 Å². The van der Waals surface area contributed by atoms with Crippen molar-refractivity contribution in [2.75, 3.05) is 0 Å². The fourth-order valence-electron chi connectivity index (χ4n) is 1.68. The first-order chi connectivity index (χ1) is 8.19. The van der Waals surface area contributed by atoms with Gasteiger partial charge in [0.2, 0.25) is 0 Å². The number of nitrogens with zero attached hydrogens (tertiary/aromatic N) is 2. The van der Waals surface area contributed by atoms with Crippen molar-refractivity contribution in [2.45, 2.75) is 33.2 Å². The zero-order chi connectivity index (χ0) is 12.3. The molecule has 2 aromatic rings. The minimum atomic E-state index is 0.105. The summed E-state index contributed by atoms with van der Waals surface area (Å²) < 4.78 is 2.00. The lowest BCUT2D eigenvalue weighted by Crippen LogP contribution is -1.97. The maximum absolute atomic E-state index is 11.2. The van der Waals surface area contributed by atoms with E-state index in [1.807, 2.05) is 23.0 Å². The molecule has 0 amide bonds. The van der Waals surface area contributed by atoms with Crippen LogP contribution < -0.4 is 0 Å². The second-order valence-electron chi connectivity index (χ2n) is 4.11. The Hall–Kier alpha value is -1.42. The number of ketones is 1. The van der Waals surface area contributed by atoms with E-state index in [4.69, 9.17) is 0 Å². The number of aromatic nitrogens is 2. The number of thiazole rings is 1. The van der Waals surface area contributed by atoms with Crippen molar-refractivity contribution in [2.24, 2.45) is 0 Å². The molecule has 0 unspecified atom stereocenters. The summed E-state index contributed by atoms with van der Waals surface area (Å²) in [5.74, 6) is 0.105. The molecule has 2 aromatic heterocycles. The van der Waals surface area contributed by atoms with Gasteiger partial charge >= 0.3 is 0 Å². The number of carbonyl (C=O) groups excluding carboxylic acids is 1. The third-order valence-electron chi connectivity index (χ3n) is 2.56. The first-order valence-corrected chi connectivity index (χ1v) is 6.67. The van der Waals surface area contributed by atoms with Crippen LogP contribution in [0.2, 0.25) is 0 Å². The highest BCUT2D eigenvalue weighted by Crippen LogP contribution is 2.13. The highest BCUT2D eigenvalue weighted by atomic mass is 32.1. The maximum atomic E-state index is 11.2. The monoisotopic (exact) mass is 248 g/mol. The van der Waals surface area contributed by atoms with Crippen molar-refractivity contribution in [1.29, 1.82) is 0 Å². The summed E-state index contributed by atoms with van der Waals surface area (Å²) in [6.45, 7) is 4.49. The van der Waals surface area contributed by atoms with Crippen molar-refractivity contribution in [3.05, 3.63) is 40.1 Å². The van der Waals surface area contributed by atoms with Gasteiger partial charge in [-0.2, -0.15) is 0 Å². The van der Waals surface area contributed by atoms with Gasteiger partial charge < -0.3 is 4.57 Å². The van der Waals surface area contributed by atoms with Gasteiger partial charge in [0, 0.05) is 23.3 Å². The minimum Gasteiger partial charge on any atom is -0.348 e. The first-order valence-electron chi connectivity index (χ1n) is 5.79. The second kappa shape index (κ2) is 5.27. The Kier molecular flexibility index (Phi) is 3.74. The van der Waals surface area contributed by atoms with Crippen LogP contribution in [-0.4, -0.2) is 15.3 Å². The fourth-order valence-corrected chi connectivity index (χ4v) is 2.58. The van der Waals surface area contributed by atoms with Crippen LogP contribution in [-0.2, 0) is 13.0 Å². The molecule has 0 aliphatic heterocycles. The molecule has 17 heavy (non-hydrogen) atoms. The van der Waals surface area contributed by atoms with E-state index in [9.17, 15) is 4.79 Å². The molecule has 0 saturated carbocycles. The van der Waals surface area contributed by atoms with Gasteiger partial charge in [0.1, 0.15) is 0 Å². The lowest BCUT2D eigenvalue weighted by Gasteiger charge is -1.98. The zero-order valence-electron chi connectivity index (χ0n) is 10.1. The molecule has 2 heterocycles. The average molecular weight is 248 g/mol. The number of aryl methyl sites for hydroxylation is 1. The van der Waals surface area contributed by atoms with Crippen LogP contribution in [0.3, 0.4) is 0 Å². The quantitative estimate of drug-likeness (QED) is 0.762. The largest absolute Gasteiger partial charge is 0.348 e. The number of hydrogen-bond acceptors (Lipinski definition) is 3. The summed E-state index contributed by atoms with van der Waals surface area (Å²) in [5, 5.41) is 3.29. The predicted octanol–water partition coefficient (Wildman–Crippen LogP) is 3.15. The fraction of sp³-hybridized carbons (Fsp3) is 0.385. The van der Waals surface area contributed by atoms with Gasteiger partial charge in [-0.1, -0.05) is 6.92 Å². The van der Waals surface area contributed by atoms with Crippen molar-refractivity contribution >= 4 is 17.1 Å². The number of carbonyl (C=O) groups is 1. The molecule has 0 N–H and O–H groups in total. The molecular formula is C13H16N2OS. The molecule has 0 bridgehead atoms. The van der Waals surface area contributed by atoms with Gasteiger partial charge in [0.15, 0.2) is 5.78 Å². The summed E-state index contributed by atoms with van der Waals surface area (Å²) in [4.78, 5) is 15.7. The maximum Gasteiger partial charge on any atom is 0.161 e. The van der Waals surface area contributed by atoms with Crippen LogP contribution in [0.25, 0.3) is 0 Å². The van der Waals surface area contributed by atoms with E-state index < -0.39 is 0 Å². The van der Waals surface area contributed by atoms with Gasteiger partial charge in [0.05, 0.1) is 17.2 Å². The van der Waals surface area contributed by atoms with Crippen LogP contribution in [0.4, 0.5) is 0 Å². The Labute approximate surface area is 105 Å². The first kappa shape index (κ1) is 12.0. The van der Waals surface area contributed by atoms with Crippen LogP contribution in [0, 0.1) is 0 Å². The van der Waals surface area contributed by atoms with Gasteiger partial charge in [-0.05, 0) is 25.8 Å². The molecule has 0 aromatic carbocycles. The highest BCUT2D eigenvalue weighted by Gasteiger charge is 2.04. The summed E-state index contributed by atoms with van der Waals surface area (Å²) in [6, 6.07) is 1.85. The minimum absolute atomic E-state index is 0.105. The van der Waals surface area contributed by atoms with Crippen molar-refractivity contribution < 1.29 is 4.79 Å². The molecule has 4 heteroatoms. The van der Waals surface area contributed by atoms with Crippen LogP contribution in [0.5, 0.6) is 0 Å². The lowest BCUT2D eigenvalue weighted by molar-refractivity contribution is 0.101. The Morgan fingerprint density at radius 2 is 2.35 bits per heavy atom. The SMILES string of the molecule is CCCc1nc(Cn2ccc(C(C)=O)c2)cs1. The Morgan fingerprint density at radius 3 is 3.00 bits per heavy atom. The molecule has 0 atom stereocenters. The molecule has 0 aliphatic rings. The van der Waals surface area contributed by atoms with E-state index in [1.54, 1.807) is 18.3 Å². The van der Waals surface area contributed by atoms with Gasteiger partial charge in [0.25, 0.3) is 0 Å². The Bertz CT molecular complexity index is 513. The van der Waals surface area contributed by atoms with E-state index in [2.05, 4.69) is 17.3 Å². The van der Waals surface area contributed by atoms with Crippen LogP contribution in [0.1, 0.15) is 41.3 Å². The molecule has 0 saturated heterocycles. The van der Waals surface area contributed by atoms with Crippen molar-refractivity contribution in [1.82, 2.24) is 9.55 Å². The van der Waals surface area contributed by atoms with Gasteiger partial charge in [-0.3, -0.25) is 4.79 Å². The van der Waals surface area contributed by atoms with E-state index in [-0.39, 0.29) is 5.78 Å². The Balaban J connectivity index is 2.05. The van der Waals surface area contributed by atoms with Crippen LogP contribution >= 0.6 is 11.3 Å². The number of rotatable bonds is 5. The average Bonchev–Trinajstić information content (AvgIpc) is 2.89.